The van der Waals surface area contributed by atoms with Gasteiger partial charge in [-0.25, -0.2) is 8.78 Å². The van der Waals surface area contributed by atoms with E-state index >= 15 is 0 Å². The summed E-state index contributed by atoms with van der Waals surface area (Å²) in [4.78, 5) is 0.359. The summed E-state index contributed by atoms with van der Waals surface area (Å²) in [7, 11) is 0. The maximum Gasteiger partial charge on any atom is 0.416 e. The lowest BCUT2D eigenvalue weighted by molar-refractivity contribution is -0.137. The molecule has 6 heteroatoms. The number of hydrogen-bond acceptors (Lipinski definition) is 1. The second kappa shape index (κ2) is 3.86. The van der Waals surface area contributed by atoms with Crippen LogP contribution in [0.5, 0.6) is 0 Å². The van der Waals surface area contributed by atoms with Crippen molar-refractivity contribution in [1.29, 1.82) is 0 Å². The molecule has 2 rings (SSSR count). The number of rotatable bonds is 2. The fourth-order valence-electron chi connectivity index (χ4n) is 1.68. The molecule has 1 aliphatic carbocycles. The summed E-state index contributed by atoms with van der Waals surface area (Å²) in [5.74, 6) is -3.91. The van der Waals surface area contributed by atoms with Gasteiger partial charge in [0.1, 0.15) is 0 Å². The molecule has 0 N–H and O–H groups in total. The van der Waals surface area contributed by atoms with Crippen LogP contribution in [0.3, 0.4) is 0 Å². The van der Waals surface area contributed by atoms with Gasteiger partial charge < -0.3 is 0 Å². The zero-order chi connectivity index (χ0) is 12.8. The first-order valence-electron chi connectivity index (χ1n) is 4.88. The van der Waals surface area contributed by atoms with Crippen molar-refractivity contribution in [2.45, 2.75) is 29.3 Å². The van der Waals surface area contributed by atoms with Crippen LogP contribution in [0.15, 0.2) is 23.1 Å². The van der Waals surface area contributed by atoms with Crippen molar-refractivity contribution in [3.63, 3.8) is 0 Å². The average Bonchev–Trinajstić information content (AvgIpc) is 2.86. The second-order valence-electron chi connectivity index (χ2n) is 4.01. The van der Waals surface area contributed by atoms with Gasteiger partial charge >= 0.3 is 6.18 Å². The van der Waals surface area contributed by atoms with E-state index in [9.17, 15) is 22.0 Å². The maximum atomic E-state index is 12.9. The van der Waals surface area contributed by atoms with E-state index in [1.165, 1.54) is 6.07 Å². The van der Waals surface area contributed by atoms with Crippen LogP contribution in [-0.4, -0.2) is 12.2 Å². The van der Waals surface area contributed by atoms with E-state index in [0.29, 0.717) is 4.90 Å². The van der Waals surface area contributed by atoms with Crippen molar-refractivity contribution >= 4 is 11.8 Å². The van der Waals surface area contributed by atoms with Gasteiger partial charge in [0.2, 0.25) is 0 Å². The molecule has 0 aromatic heterocycles. The van der Waals surface area contributed by atoms with E-state index in [1.807, 2.05) is 0 Å². The van der Waals surface area contributed by atoms with Crippen LogP contribution in [0, 0.1) is 0 Å². The lowest BCUT2D eigenvalue weighted by Gasteiger charge is -2.11. The van der Waals surface area contributed by atoms with Gasteiger partial charge in [-0.3, -0.25) is 0 Å². The molecule has 1 aromatic rings. The molecular formula is C11H9F5S. The lowest BCUT2D eigenvalue weighted by Crippen LogP contribution is -2.06. The van der Waals surface area contributed by atoms with Crippen molar-refractivity contribution in [1.82, 2.24) is 0 Å². The van der Waals surface area contributed by atoms with Gasteiger partial charge in [-0.1, -0.05) is 0 Å². The first kappa shape index (κ1) is 12.7. The molecule has 0 bridgehead atoms. The zero-order valence-electron chi connectivity index (χ0n) is 8.81. The molecule has 0 heterocycles. The Labute approximate surface area is 99.2 Å². The number of thioether (sulfide) groups is 1. The van der Waals surface area contributed by atoms with E-state index in [-0.39, 0.29) is 12.0 Å². The number of alkyl halides is 5. The number of benzene rings is 1. The third-order valence-corrected chi connectivity index (χ3v) is 3.43. The molecule has 0 aliphatic heterocycles. The van der Waals surface area contributed by atoms with E-state index in [1.54, 1.807) is 6.26 Å². The molecule has 0 spiro atoms. The van der Waals surface area contributed by atoms with Gasteiger partial charge in [0.25, 0.3) is 5.92 Å². The highest BCUT2D eigenvalue weighted by molar-refractivity contribution is 7.98. The molecule has 1 atom stereocenters. The molecule has 0 amide bonds. The van der Waals surface area contributed by atoms with Crippen LogP contribution in [0.25, 0.3) is 0 Å². The fraction of sp³-hybridized carbons (Fsp3) is 0.455. The quantitative estimate of drug-likeness (QED) is 0.560. The monoisotopic (exact) mass is 268 g/mol. The standard InChI is InChI=1S/C11H9F5S/c1-17-8-3-6(9-5-10(9,12)13)2-7(4-8)11(14,15)16/h2-4,9H,5H2,1H3. The van der Waals surface area contributed by atoms with E-state index in [4.69, 9.17) is 0 Å². The van der Waals surface area contributed by atoms with Gasteiger partial charge in [0.05, 0.1) is 11.5 Å². The maximum absolute atomic E-state index is 12.9. The third-order valence-electron chi connectivity index (χ3n) is 2.72. The fourth-order valence-corrected chi connectivity index (χ4v) is 2.18. The molecule has 1 unspecified atom stereocenters. The predicted octanol–water partition coefficient (Wildman–Crippen LogP) is 4.55. The molecule has 1 fully saturated rings. The van der Waals surface area contributed by atoms with Gasteiger partial charge in [0.15, 0.2) is 0 Å². The minimum atomic E-state index is -4.50. The summed E-state index contributed by atoms with van der Waals surface area (Å²) in [6, 6.07) is 3.21. The Morgan fingerprint density at radius 1 is 1.24 bits per heavy atom. The zero-order valence-corrected chi connectivity index (χ0v) is 9.63. The first-order valence-corrected chi connectivity index (χ1v) is 6.10. The molecule has 1 aliphatic rings. The number of hydrogen-bond donors (Lipinski definition) is 0. The van der Waals surface area contributed by atoms with Crippen LogP contribution in [0.1, 0.15) is 23.5 Å². The Morgan fingerprint density at radius 3 is 2.24 bits per heavy atom. The first-order chi connectivity index (χ1) is 7.74. The second-order valence-corrected chi connectivity index (χ2v) is 4.89. The van der Waals surface area contributed by atoms with Crippen molar-refractivity contribution in [2.75, 3.05) is 6.26 Å². The van der Waals surface area contributed by atoms with Gasteiger partial charge in [0, 0.05) is 11.3 Å². The summed E-state index contributed by atoms with van der Waals surface area (Å²) in [5, 5.41) is 0. The highest BCUT2D eigenvalue weighted by Crippen LogP contribution is 2.56. The highest BCUT2D eigenvalue weighted by atomic mass is 32.2. The smallest absolute Gasteiger partial charge is 0.206 e. The van der Waals surface area contributed by atoms with E-state index in [0.717, 1.165) is 23.9 Å². The molecule has 0 radical (unpaired) electrons. The molecule has 1 aromatic carbocycles. The van der Waals surface area contributed by atoms with Crippen molar-refractivity contribution in [3.05, 3.63) is 29.3 Å². The Balaban J connectivity index is 2.40. The van der Waals surface area contributed by atoms with Crippen molar-refractivity contribution in [3.8, 4) is 0 Å². The molecule has 1 saturated carbocycles. The van der Waals surface area contributed by atoms with Crippen LogP contribution in [-0.2, 0) is 6.18 Å². The minimum absolute atomic E-state index is 0.0779. The Hall–Kier alpha value is -0.780. The summed E-state index contributed by atoms with van der Waals surface area (Å²) < 4.78 is 63.4. The molecule has 17 heavy (non-hydrogen) atoms. The van der Waals surface area contributed by atoms with Crippen molar-refractivity contribution in [2.24, 2.45) is 0 Å². The summed E-state index contributed by atoms with van der Waals surface area (Å²) in [6.45, 7) is 0. The Kier molecular flexibility index (Phi) is 2.88. The minimum Gasteiger partial charge on any atom is -0.206 e. The van der Waals surface area contributed by atoms with E-state index < -0.39 is 23.6 Å². The van der Waals surface area contributed by atoms with Crippen molar-refractivity contribution < 1.29 is 22.0 Å². The van der Waals surface area contributed by atoms with Crippen LogP contribution >= 0.6 is 11.8 Å². The summed E-state index contributed by atoms with van der Waals surface area (Å²) >= 11 is 1.11. The lowest BCUT2D eigenvalue weighted by atomic mass is 10.1. The largest absolute Gasteiger partial charge is 0.416 e. The van der Waals surface area contributed by atoms with Gasteiger partial charge in [-0.15, -0.1) is 11.8 Å². The SMILES string of the molecule is CSc1cc(C2CC2(F)F)cc(C(F)(F)F)c1. The normalized spacial score (nSPS) is 22.6. The van der Waals surface area contributed by atoms with Gasteiger partial charge in [-0.2, -0.15) is 13.2 Å². The van der Waals surface area contributed by atoms with Crippen LogP contribution in [0.2, 0.25) is 0 Å². The molecule has 94 valence electrons. The Morgan fingerprint density at radius 2 is 1.82 bits per heavy atom. The highest BCUT2D eigenvalue weighted by Gasteiger charge is 2.57. The average molecular weight is 268 g/mol. The van der Waals surface area contributed by atoms with Gasteiger partial charge in [-0.05, 0) is 30.0 Å². The van der Waals surface area contributed by atoms with Crippen LogP contribution in [0.4, 0.5) is 22.0 Å². The van der Waals surface area contributed by atoms with E-state index in [2.05, 4.69) is 0 Å². The molecule has 0 saturated heterocycles. The summed E-state index contributed by atoms with van der Waals surface area (Å²) in [5.41, 5.74) is -0.781. The third kappa shape index (κ3) is 2.56. The molecular weight excluding hydrogens is 259 g/mol. The Bertz CT molecular complexity index is 438. The number of halogens is 5. The molecule has 0 nitrogen and oxygen atoms in total. The van der Waals surface area contributed by atoms with Crippen LogP contribution < -0.4 is 0 Å². The predicted molar refractivity (Wildman–Crippen MR) is 55.5 cm³/mol. The summed E-state index contributed by atoms with van der Waals surface area (Å²) in [6.07, 6.45) is -3.24. The topological polar surface area (TPSA) is 0 Å².